The molecule has 1 nitrogen and oxygen atoms in total. The van der Waals surface area contributed by atoms with Gasteiger partial charge < -0.3 is 4.74 Å². The Morgan fingerprint density at radius 3 is 2.28 bits per heavy atom. The number of rotatable bonds is 2. The minimum absolute atomic E-state index is 0.454. The van der Waals surface area contributed by atoms with Crippen molar-refractivity contribution in [3.8, 4) is 16.9 Å². The molecule has 18 heavy (non-hydrogen) atoms. The van der Waals surface area contributed by atoms with E-state index in [-0.39, 0.29) is 0 Å². The summed E-state index contributed by atoms with van der Waals surface area (Å²) in [5.74, 6) is 0.791. The molecular weight excluding hydrogens is 291 g/mol. The minimum Gasteiger partial charge on any atom is -0.496 e. The molecule has 0 aliphatic rings. The lowest BCUT2D eigenvalue weighted by Crippen LogP contribution is -1.89. The summed E-state index contributed by atoms with van der Waals surface area (Å²) in [4.78, 5) is 0. The lowest BCUT2D eigenvalue weighted by atomic mass is 10.0. The van der Waals surface area contributed by atoms with Gasteiger partial charge >= 0.3 is 0 Å². The maximum atomic E-state index is 6.21. The summed E-state index contributed by atoms with van der Waals surface area (Å²) in [6, 6.07) is 9.22. The number of aryl methyl sites for hydroxylation is 1. The van der Waals surface area contributed by atoms with Crippen LogP contribution < -0.4 is 4.74 Å². The molecule has 0 aliphatic heterocycles. The predicted molar refractivity (Wildman–Crippen MR) is 78.2 cm³/mol. The standard InChI is InChI=1S/C14H11Cl3O/c1-8-3-4-9(7-12(8)18-2)13-10(15)5-6-11(16)14(13)17/h3-7H,1-2H3. The van der Waals surface area contributed by atoms with E-state index in [0.717, 1.165) is 22.4 Å². The van der Waals surface area contributed by atoms with Crippen molar-refractivity contribution in [1.82, 2.24) is 0 Å². The van der Waals surface area contributed by atoms with Crippen LogP contribution in [0.25, 0.3) is 11.1 Å². The Bertz CT molecular complexity index is 594. The summed E-state index contributed by atoms with van der Waals surface area (Å²) in [6.45, 7) is 1.98. The normalized spacial score (nSPS) is 10.5. The Morgan fingerprint density at radius 2 is 1.61 bits per heavy atom. The molecule has 94 valence electrons. The third-order valence-electron chi connectivity index (χ3n) is 2.74. The quantitative estimate of drug-likeness (QED) is 0.653. The molecule has 0 saturated carbocycles. The number of halogens is 3. The van der Waals surface area contributed by atoms with E-state index in [4.69, 9.17) is 39.5 Å². The maximum Gasteiger partial charge on any atom is 0.122 e. The molecule has 0 amide bonds. The first-order valence-electron chi connectivity index (χ1n) is 5.33. The molecule has 0 heterocycles. The zero-order chi connectivity index (χ0) is 13.3. The first-order valence-corrected chi connectivity index (χ1v) is 6.46. The summed E-state index contributed by atoms with van der Waals surface area (Å²) >= 11 is 18.4. The molecule has 0 N–H and O–H groups in total. The summed E-state index contributed by atoms with van der Waals surface area (Å²) < 4.78 is 5.30. The number of hydrogen-bond donors (Lipinski definition) is 0. The molecule has 2 aromatic rings. The highest BCUT2D eigenvalue weighted by Gasteiger charge is 2.13. The van der Waals surface area contributed by atoms with E-state index in [1.165, 1.54) is 0 Å². The van der Waals surface area contributed by atoms with Crippen LogP contribution in [0.2, 0.25) is 15.1 Å². The van der Waals surface area contributed by atoms with Crippen molar-refractivity contribution in [2.45, 2.75) is 6.92 Å². The van der Waals surface area contributed by atoms with Gasteiger partial charge in [-0.2, -0.15) is 0 Å². The Kier molecular flexibility index (Phi) is 4.06. The number of ether oxygens (including phenoxy) is 1. The van der Waals surface area contributed by atoms with Crippen LogP contribution in [0.5, 0.6) is 5.75 Å². The zero-order valence-electron chi connectivity index (χ0n) is 9.93. The Labute approximate surface area is 121 Å². The van der Waals surface area contributed by atoms with Gasteiger partial charge in [0.15, 0.2) is 0 Å². The molecule has 2 rings (SSSR count). The molecule has 0 aromatic heterocycles. The van der Waals surface area contributed by atoms with Crippen LogP contribution in [-0.2, 0) is 0 Å². The van der Waals surface area contributed by atoms with Crippen LogP contribution in [0, 0.1) is 6.92 Å². The van der Waals surface area contributed by atoms with Crippen molar-refractivity contribution in [3.05, 3.63) is 51.0 Å². The van der Waals surface area contributed by atoms with Crippen LogP contribution >= 0.6 is 34.8 Å². The second-order valence-corrected chi connectivity index (χ2v) is 5.09. The average molecular weight is 302 g/mol. The van der Waals surface area contributed by atoms with Crippen LogP contribution in [0.15, 0.2) is 30.3 Å². The fourth-order valence-corrected chi connectivity index (χ4v) is 2.51. The lowest BCUT2D eigenvalue weighted by molar-refractivity contribution is 0.412. The summed E-state index contributed by atoms with van der Waals surface area (Å²) in [5, 5.41) is 1.50. The maximum absolute atomic E-state index is 6.21. The van der Waals surface area contributed by atoms with E-state index in [1.807, 2.05) is 25.1 Å². The van der Waals surface area contributed by atoms with Gasteiger partial charge in [-0.15, -0.1) is 0 Å². The molecule has 0 bridgehead atoms. The number of benzene rings is 2. The van der Waals surface area contributed by atoms with Crippen LogP contribution in [-0.4, -0.2) is 7.11 Å². The van der Waals surface area contributed by atoms with Crippen molar-refractivity contribution in [3.63, 3.8) is 0 Å². The van der Waals surface area contributed by atoms with Crippen molar-refractivity contribution in [1.29, 1.82) is 0 Å². The smallest absolute Gasteiger partial charge is 0.122 e. The molecule has 0 saturated heterocycles. The van der Waals surface area contributed by atoms with E-state index in [9.17, 15) is 0 Å². The Hall–Kier alpha value is -0.890. The summed E-state index contributed by atoms with van der Waals surface area (Å²) in [5.41, 5.74) is 2.66. The van der Waals surface area contributed by atoms with Gasteiger partial charge in [0.25, 0.3) is 0 Å². The second kappa shape index (κ2) is 5.40. The fourth-order valence-electron chi connectivity index (χ4n) is 1.77. The van der Waals surface area contributed by atoms with Gasteiger partial charge in [-0.25, -0.2) is 0 Å². The Morgan fingerprint density at radius 1 is 0.944 bits per heavy atom. The Balaban J connectivity index is 2.65. The highest BCUT2D eigenvalue weighted by atomic mass is 35.5. The van der Waals surface area contributed by atoms with E-state index >= 15 is 0 Å². The molecule has 0 spiro atoms. The third kappa shape index (κ3) is 2.44. The first kappa shape index (κ1) is 13.5. The van der Waals surface area contributed by atoms with Crippen molar-refractivity contribution < 1.29 is 4.74 Å². The average Bonchev–Trinajstić information content (AvgIpc) is 2.36. The van der Waals surface area contributed by atoms with E-state index in [0.29, 0.717) is 15.1 Å². The molecule has 0 atom stereocenters. The summed E-state index contributed by atoms with van der Waals surface area (Å²) in [6.07, 6.45) is 0. The predicted octanol–water partition coefficient (Wildman–Crippen LogP) is 5.63. The van der Waals surface area contributed by atoms with Crippen molar-refractivity contribution >= 4 is 34.8 Å². The summed E-state index contributed by atoms with van der Waals surface area (Å²) in [7, 11) is 1.63. The van der Waals surface area contributed by atoms with Crippen LogP contribution in [0.4, 0.5) is 0 Å². The van der Waals surface area contributed by atoms with Gasteiger partial charge in [-0.1, -0.05) is 46.9 Å². The molecule has 0 fully saturated rings. The van der Waals surface area contributed by atoms with E-state index in [1.54, 1.807) is 19.2 Å². The van der Waals surface area contributed by atoms with E-state index < -0.39 is 0 Å². The monoisotopic (exact) mass is 300 g/mol. The van der Waals surface area contributed by atoms with Crippen molar-refractivity contribution in [2.75, 3.05) is 7.11 Å². The highest BCUT2D eigenvalue weighted by molar-refractivity contribution is 6.46. The molecule has 0 aliphatic carbocycles. The molecular formula is C14H11Cl3O. The van der Waals surface area contributed by atoms with Gasteiger partial charge in [-0.3, -0.25) is 0 Å². The SMILES string of the molecule is COc1cc(-c2c(Cl)ccc(Cl)c2Cl)ccc1C. The fraction of sp³-hybridized carbons (Fsp3) is 0.143. The first-order chi connectivity index (χ1) is 8.54. The molecule has 4 heteroatoms. The molecule has 2 aromatic carbocycles. The van der Waals surface area contributed by atoms with Gasteiger partial charge in [0.1, 0.15) is 5.75 Å². The van der Waals surface area contributed by atoms with Gasteiger partial charge in [-0.05, 0) is 36.2 Å². The zero-order valence-corrected chi connectivity index (χ0v) is 12.2. The van der Waals surface area contributed by atoms with Gasteiger partial charge in [0, 0.05) is 10.6 Å². The molecule has 0 unspecified atom stereocenters. The lowest BCUT2D eigenvalue weighted by Gasteiger charge is -2.11. The van der Waals surface area contributed by atoms with Crippen molar-refractivity contribution in [2.24, 2.45) is 0 Å². The second-order valence-electron chi connectivity index (χ2n) is 3.90. The minimum atomic E-state index is 0.454. The van der Waals surface area contributed by atoms with Crippen LogP contribution in [0.3, 0.4) is 0 Å². The highest BCUT2D eigenvalue weighted by Crippen LogP contribution is 2.40. The number of methoxy groups -OCH3 is 1. The van der Waals surface area contributed by atoms with Gasteiger partial charge in [0.2, 0.25) is 0 Å². The van der Waals surface area contributed by atoms with Crippen LogP contribution in [0.1, 0.15) is 5.56 Å². The van der Waals surface area contributed by atoms with E-state index in [2.05, 4.69) is 0 Å². The number of hydrogen-bond acceptors (Lipinski definition) is 1. The molecule has 0 radical (unpaired) electrons. The van der Waals surface area contributed by atoms with Gasteiger partial charge in [0.05, 0.1) is 17.2 Å². The topological polar surface area (TPSA) is 9.23 Å². The largest absolute Gasteiger partial charge is 0.496 e. The third-order valence-corrected chi connectivity index (χ3v) is 3.86.